The summed E-state index contributed by atoms with van der Waals surface area (Å²) >= 11 is 0. The zero-order valence-electron chi connectivity index (χ0n) is 18.3. The van der Waals surface area contributed by atoms with Crippen LogP contribution in [0.4, 0.5) is 17.6 Å². The lowest BCUT2D eigenvalue weighted by Crippen LogP contribution is -2.45. The van der Waals surface area contributed by atoms with Crippen LogP contribution in [0.15, 0.2) is 71.6 Å². The van der Waals surface area contributed by atoms with Crippen LogP contribution in [0.5, 0.6) is 0 Å². The van der Waals surface area contributed by atoms with Crippen molar-refractivity contribution in [3.05, 3.63) is 83.8 Å². The van der Waals surface area contributed by atoms with Crippen molar-refractivity contribution in [1.82, 2.24) is 14.6 Å². The molecular weight excluding hydrogens is 486 g/mol. The van der Waals surface area contributed by atoms with E-state index in [1.807, 2.05) is 0 Å². The highest BCUT2D eigenvalue weighted by Crippen LogP contribution is 2.31. The number of sulfonamides is 1. The molecule has 1 aliphatic heterocycles. The molecule has 35 heavy (non-hydrogen) atoms. The lowest BCUT2D eigenvalue weighted by atomic mass is 10.1. The lowest BCUT2D eigenvalue weighted by molar-refractivity contribution is -0.137. The molecule has 3 aromatic rings. The van der Waals surface area contributed by atoms with E-state index >= 15 is 0 Å². The third-order valence-electron chi connectivity index (χ3n) is 5.69. The number of rotatable bonds is 6. The van der Waals surface area contributed by atoms with E-state index in [2.05, 4.69) is 10.3 Å². The number of aromatic nitrogens is 1. The first-order valence-electron chi connectivity index (χ1n) is 10.7. The standard InChI is InChI=1S/C24H21F4N3O3S/c25-18-10-12-20(13-11-18)35(33,34)31-14-2-5-22(31)23(32)29-15-19-3-1-4-21(30-19)16-6-8-17(9-7-16)24(26,27)28/h1,3-4,6-13,22H,2,5,14-15H2,(H,29,32). The highest BCUT2D eigenvalue weighted by molar-refractivity contribution is 7.89. The Morgan fingerprint density at radius 1 is 1.03 bits per heavy atom. The van der Waals surface area contributed by atoms with Gasteiger partial charge >= 0.3 is 6.18 Å². The molecule has 0 aliphatic carbocycles. The van der Waals surface area contributed by atoms with E-state index in [1.165, 1.54) is 12.1 Å². The number of nitrogens with zero attached hydrogens (tertiary/aromatic N) is 2. The quantitative estimate of drug-likeness (QED) is 0.503. The van der Waals surface area contributed by atoms with Crippen molar-refractivity contribution in [2.45, 2.75) is 36.5 Å². The number of carbonyl (C=O) groups excluding carboxylic acids is 1. The minimum Gasteiger partial charge on any atom is -0.349 e. The van der Waals surface area contributed by atoms with Crippen LogP contribution in [0.25, 0.3) is 11.3 Å². The van der Waals surface area contributed by atoms with Crippen molar-refractivity contribution in [3.63, 3.8) is 0 Å². The Morgan fingerprint density at radius 2 is 1.71 bits per heavy atom. The maximum Gasteiger partial charge on any atom is 0.416 e. The third-order valence-corrected chi connectivity index (χ3v) is 7.61. The zero-order chi connectivity index (χ0) is 25.2. The highest BCUT2D eigenvalue weighted by atomic mass is 32.2. The summed E-state index contributed by atoms with van der Waals surface area (Å²) in [5.74, 6) is -1.05. The van der Waals surface area contributed by atoms with Crippen molar-refractivity contribution < 1.29 is 30.8 Å². The number of benzene rings is 2. The number of hydrogen-bond donors (Lipinski definition) is 1. The number of amides is 1. The predicted octanol–water partition coefficient (Wildman–Crippen LogP) is 4.38. The molecule has 11 heteroatoms. The van der Waals surface area contributed by atoms with Crippen LogP contribution in [0.3, 0.4) is 0 Å². The van der Waals surface area contributed by atoms with Crippen molar-refractivity contribution >= 4 is 15.9 Å². The SMILES string of the molecule is O=C(NCc1cccc(-c2ccc(C(F)(F)F)cc2)n1)C1CCCN1S(=O)(=O)c1ccc(F)cc1. The molecule has 0 radical (unpaired) electrons. The minimum atomic E-state index is -4.43. The number of pyridine rings is 1. The summed E-state index contributed by atoms with van der Waals surface area (Å²) in [6.07, 6.45) is -3.60. The Hall–Kier alpha value is -3.31. The first-order valence-corrected chi connectivity index (χ1v) is 12.2. The summed E-state index contributed by atoms with van der Waals surface area (Å²) in [6, 6.07) is 13.1. The van der Waals surface area contributed by atoms with E-state index in [4.69, 9.17) is 0 Å². The summed E-state index contributed by atoms with van der Waals surface area (Å²) in [7, 11) is -3.98. The van der Waals surface area contributed by atoms with Gasteiger partial charge in [-0.1, -0.05) is 18.2 Å². The van der Waals surface area contributed by atoms with Crippen LogP contribution in [0, 0.1) is 5.82 Å². The maximum absolute atomic E-state index is 13.2. The molecule has 0 spiro atoms. The van der Waals surface area contributed by atoms with Gasteiger partial charge in [0.2, 0.25) is 15.9 Å². The molecule has 1 fully saturated rings. The first-order chi connectivity index (χ1) is 16.6. The predicted molar refractivity (Wildman–Crippen MR) is 120 cm³/mol. The van der Waals surface area contributed by atoms with Gasteiger partial charge in [-0.2, -0.15) is 17.5 Å². The lowest BCUT2D eigenvalue weighted by Gasteiger charge is -2.23. The van der Waals surface area contributed by atoms with Gasteiger partial charge in [-0.3, -0.25) is 9.78 Å². The molecule has 1 N–H and O–H groups in total. The van der Waals surface area contributed by atoms with E-state index in [1.54, 1.807) is 18.2 Å². The number of halogens is 4. The van der Waals surface area contributed by atoms with Crippen LogP contribution < -0.4 is 5.32 Å². The fourth-order valence-electron chi connectivity index (χ4n) is 3.90. The molecule has 2 heterocycles. The van der Waals surface area contributed by atoms with E-state index in [9.17, 15) is 30.8 Å². The normalized spacial score (nSPS) is 16.9. The van der Waals surface area contributed by atoms with Crippen molar-refractivity contribution in [2.24, 2.45) is 0 Å². The first kappa shape index (κ1) is 24.8. The largest absolute Gasteiger partial charge is 0.416 e. The molecule has 1 aromatic heterocycles. The fraction of sp³-hybridized carbons (Fsp3) is 0.250. The Kier molecular flexibility index (Phi) is 6.91. The molecule has 1 atom stereocenters. The van der Waals surface area contributed by atoms with Gasteiger partial charge in [-0.05, 0) is 61.4 Å². The summed E-state index contributed by atoms with van der Waals surface area (Å²) in [5.41, 5.74) is 0.619. The molecule has 0 bridgehead atoms. The van der Waals surface area contributed by atoms with Crippen molar-refractivity contribution in [3.8, 4) is 11.3 Å². The number of carbonyl (C=O) groups is 1. The average Bonchev–Trinajstić information content (AvgIpc) is 3.34. The molecule has 1 saturated heterocycles. The molecule has 1 amide bonds. The van der Waals surface area contributed by atoms with E-state index in [0.717, 1.165) is 40.7 Å². The van der Waals surface area contributed by atoms with Gasteiger partial charge < -0.3 is 5.32 Å². The van der Waals surface area contributed by atoms with Gasteiger partial charge in [0.05, 0.1) is 28.4 Å². The zero-order valence-corrected chi connectivity index (χ0v) is 19.1. The second-order valence-corrected chi connectivity index (χ2v) is 9.93. The van der Waals surface area contributed by atoms with Gasteiger partial charge in [0, 0.05) is 12.1 Å². The summed E-state index contributed by atoms with van der Waals surface area (Å²) in [6.45, 7) is 0.174. The van der Waals surface area contributed by atoms with Crippen LogP contribution >= 0.6 is 0 Å². The molecule has 1 aliphatic rings. The van der Waals surface area contributed by atoms with Crippen LogP contribution in [-0.2, 0) is 27.5 Å². The fourth-order valence-corrected chi connectivity index (χ4v) is 5.55. The molecule has 0 saturated carbocycles. The third kappa shape index (κ3) is 5.51. The number of nitrogens with one attached hydrogen (secondary N) is 1. The number of alkyl halides is 3. The van der Waals surface area contributed by atoms with Gasteiger partial charge in [0.15, 0.2) is 0 Å². The smallest absolute Gasteiger partial charge is 0.349 e. The van der Waals surface area contributed by atoms with Crippen molar-refractivity contribution in [2.75, 3.05) is 6.54 Å². The van der Waals surface area contributed by atoms with Gasteiger partial charge in [0.1, 0.15) is 11.9 Å². The monoisotopic (exact) mass is 507 g/mol. The molecule has 6 nitrogen and oxygen atoms in total. The van der Waals surface area contributed by atoms with Gasteiger partial charge in [-0.15, -0.1) is 0 Å². The van der Waals surface area contributed by atoms with Gasteiger partial charge in [-0.25, -0.2) is 12.8 Å². The second-order valence-electron chi connectivity index (χ2n) is 8.03. The van der Waals surface area contributed by atoms with Gasteiger partial charge in [0.25, 0.3) is 0 Å². The van der Waals surface area contributed by atoms with Crippen LogP contribution in [-0.4, -0.2) is 36.2 Å². The molecule has 1 unspecified atom stereocenters. The highest BCUT2D eigenvalue weighted by Gasteiger charge is 2.39. The van der Waals surface area contributed by atoms with E-state index < -0.39 is 39.5 Å². The van der Waals surface area contributed by atoms with Crippen LogP contribution in [0.2, 0.25) is 0 Å². The summed E-state index contributed by atoms with van der Waals surface area (Å²) in [4.78, 5) is 17.1. The minimum absolute atomic E-state index is 0.00818. The van der Waals surface area contributed by atoms with Crippen molar-refractivity contribution in [1.29, 1.82) is 0 Å². The Morgan fingerprint density at radius 3 is 2.37 bits per heavy atom. The summed E-state index contributed by atoms with van der Waals surface area (Å²) < 4.78 is 78.6. The molecule has 2 aromatic carbocycles. The Balaban J connectivity index is 1.44. The Labute approximate surface area is 199 Å². The Bertz CT molecular complexity index is 1310. The van der Waals surface area contributed by atoms with E-state index in [0.29, 0.717) is 29.8 Å². The van der Waals surface area contributed by atoms with E-state index in [-0.39, 0.29) is 18.0 Å². The maximum atomic E-state index is 13.2. The van der Waals surface area contributed by atoms with Crippen LogP contribution in [0.1, 0.15) is 24.1 Å². The average molecular weight is 508 g/mol. The topological polar surface area (TPSA) is 79.4 Å². The summed E-state index contributed by atoms with van der Waals surface area (Å²) in [5, 5.41) is 2.69. The molecule has 184 valence electrons. The number of hydrogen-bond acceptors (Lipinski definition) is 4. The molecule has 4 rings (SSSR count). The second kappa shape index (κ2) is 9.74. The molecular formula is C24H21F4N3O3S.